The number of aromatic nitrogens is 3. The topological polar surface area (TPSA) is 119 Å². The van der Waals surface area contributed by atoms with Gasteiger partial charge in [0.25, 0.3) is 0 Å². The lowest BCUT2D eigenvalue weighted by molar-refractivity contribution is 0.276. The highest BCUT2D eigenvalue weighted by atomic mass is 16.5. The number of nitrogens with zero attached hydrogens (tertiary/aromatic N) is 4. The Kier molecular flexibility index (Phi) is 5.33. The molecule has 0 aliphatic rings. The van der Waals surface area contributed by atoms with Crippen LogP contribution in [0.5, 0.6) is 11.5 Å². The van der Waals surface area contributed by atoms with E-state index in [1.165, 1.54) is 7.11 Å². The number of hydrogen-bond donors (Lipinski definition) is 2. The van der Waals surface area contributed by atoms with Crippen LogP contribution in [0.25, 0.3) is 0 Å². The number of nitrogens with two attached hydrogens (primary N) is 1. The predicted molar refractivity (Wildman–Crippen MR) is 101 cm³/mol. The van der Waals surface area contributed by atoms with Crippen LogP contribution in [0, 0.1) is 18.3 Å². The number of nitrogens with one attached hydrogen (secondary N) is 1. The molecule has 0 bridgehead atoms. The van der Waals surface area contributed by atoms with Crippen molar-refractivity contribution < 1.29 is 9.47 Å². The number of aryl methyl sites for hydroxylation is 1. The van der Waals surface area contributed by atoms with E-state index in [4.69, 9.17) is 20.5 Å². The van der Waals surface area contributed by atoms with Gasteiger partial charge in [-0.25, -0.2) is 0 Å². The molecule has 8 nitrogen and oxygen atoms in total. The Morgan fingerprint density at radius 2 is 1.93 bits per heavy atom. The van der Waals surface area contributed by atoms with E-state index in [0.29, 0.717) is 28.8 Å². The number of ether oxygens (including phenoxy) is 2. The molecule has 2 aromatic carbocycles. The van der Waals surface area contributed by atoms with Gasteiger partial charge >= 0.3 is 0 Å². The number of methoxy groups -OCH3 is 1. The summed E-state index contributed by atoms with van der Waals surface area (Å²) in [6, 6.07) is 14.7. The predicted octanol–water partition coefficient (Wildman–Crippen LogP) is 2.97. The van der Waals surface area contributed by atoms with E-state index in [1.54, 1.807) is 18.2 Å². The van der Waals surface area contributed by atoms with Crippen molar-refractivity contribution in [2.24, 2.45) is 0 Å². The molecule has 0 saturated heterocycles. The summed E-state index contributed by atoms with van der Waals surface area (Å²) in [5, 5.41) is 12.1. The van der Waals surface area contributed by atoms with Crippen molar-refractivity contribution in [1.82, 2.24) is 15.0 Å². The van der Waals surface area contributed by atoms with Crippen LogP contribution in [0.2, 0.25) is 0 Å². The molecule has 1 heterocycles. The fourth-order valence-corrected chi connectivity index (χ4v) is 2.39. The fraction of sp³-hybridized carbons (Fsp3) is 0.158. The maximum absolute atomic E-state index is 8.96. The zero-order valence-electron chi connectivity index (χ0n) is 14.9. The summed E-state index contributed by atoms with van der Waals surface area (Å²) in [6.07, 6.45) is 0. The molecule has 3 aromatic rings. The highest BCUT2D eigenvalue weighted by molar-refractivity contribution is 5.58. The SMILES string of the molecule is COc1cc(C#N)ccc1OCc1nc(N)nc(Nc2ccccc2C)n1. The van der Waals surface area contributed by atoms with Crippen LogP contribution in [0.1, 0.15) is 17.0 Å². The Morgan fingerprint density at radius 1 is 1.11 bits per heavy atom. The van der Waals surface area contributed by atoms with Crippen LogP contribution in [0.15, 0.2) is 42.5 Å². The van der Waals surface area contributed by atoms with Crippen molar-refractivity contribution in [3.05, 3.63) is 59.4 Å². The number of hydrogen-bond acceptors (Lipinski definition) is 8. The summed E-state index contributed by atoms with van der Waals surface area (Å²) in [6.45, 7) is 2.05. The lowest BCUT2D eigenvalue weighted by Gasteiger charge is -2.12. The van der Waals surface area contributed by atoms with E-state index in [9.17, 15) is 0 Å². The van der Waals surface area contributed by atoms with Crippen molar-refractivity contribution in [3.8, 4) is 17.6 Å². The highest BCUT2D eigenvalue weighted by Crippen LogP contribution is 2.28. The summed E-state index contributed by atoms with van der Waals surface area (Å²) in [5.41, 5.74) is 8.21. The number of para-hydroxylation sites is 1. The minimum Gasteiger partial charge on any atom is -0.493 e. The van der Waals surface area contributed by atoms with Gasteiger partial charge in [0.15, 0.2) is 17.3 Å². The van der Waals surface area contributed by atoms with Crippen LogP contribution in [-0.4, -0.2) is 22.1 Å². The van der Waals surface area contributed by atoms with Gasteiger partial charge in [0.05, 0.1) is 18.7 Å². The summed E-state index contributed by atoms with van der Waals surface area (Å²) in [5.74, 6) is 1.72. The zero-order valence-corrected chi connectivity index (χ0v) is 14.9. The normalized spacial score (nSPS) is 10.1. The summed E-state index contributed by atoms with van der Waals surface area (Å²) in [7, 11) is 1.51. The smallest absolute Gasteiger partial charge is 0.232 e. The maximum atomic E-state index is 8.96. The Balaban J connectivity index is 1.77. The van der Waals surface area contributed by atoms with Crippen LogP contribution >= 0.6 is 0 Å². The fourth-order valence-electron chi connectivity index (χ4n) is 2.39. The molecular formula is C19H18N6O2. The minimum atomic E-state index is 0.0669. The third-order valence-electron chi connectivity index (χ3n) is 3.74. The number of rotatable bonds is 6. The Hall–Kier alpha value is -3.86. The second-order valence-electron chi connectivity index (χ2n) is 5.64. The van der Waals surface area contributed by atoms with E-state index in [0.717, 1.165) is 11.3 Å². The first-order valence-electron chi connectivity index (χ1n) is 8.13. The minimum absolute atomic E-state index is 0.0669. The molecule has 0 atom stereocenters. The van der Waals surface area contributed by atoms with E-state index in [-0.39, 0.29) is 12.6 Å². The molecule has 27 heavy (non-hydrogen) atoms. The third-order valence-corrected chi connectivity index (χ3v) is 3.74. The largest absolute Gasteiger partial charge is 0.493 e. The monoisotopic (exact) mass is 362 g/mol. The van der Waals surface area contributed by atoms with Gasteiger partial charge in [0.2, 0.25) is 11.9 Å². The van der Waals surface area contributed by atoms with Gasteiger partial charge in [-0.2, -0.15) is 20.2 Å². The molecular weight excluding hydrogens is 344 g/mol. The van der Waals surface area contributed by atoms with Gasteiger partial charge in [-0.3, -0.25) is 0 Å². The average molecular weight is 362 g/mol. The first kappa shape index (κ1) is 17.9. The van der Waals surface area contributed by atoms with Crippen LogP contribution in [0.3, 0.4) is 0 Å². The molecule has 0 aliphatic carbocycles. The van der Waals surface area contributed by atoms with Gasteiger partial charge in [-0.15, -0.1) is 0 Å². The first-order valence-corrected chi connectivity index (χ1v) is 8.13. The molecule has 0 radical (unpaired) electrons. The molecule has 3 N–H and O–H groups in total. The van der Waals surface area contributed by atoms with Crippen molar-refractivity contribution in [2.45, 2.75) is 13.5 Å². The summed E-state index contributed by atoms with van der Waals surface area (Å²) in [4.78, 5) is 12.6. The van der Waals surface area contributed by atoms with Crippen LogP contribution in [0.4, 0.5) is 17.6 Å². The zero-order chi connectivity index (χ0) is 19.2. The van der Waals surface area contributed by atoms with Gasteiger partial charge < -0.3 is 20.5 Å². The molecule has 1 aromatic heterocycles. The number of nitrogen functional groups attached to an aromatic ring is 1. The van der Waals surface area contributed by atoms with Crippen LogP contribution in [-0.2, 0) is 6.61 Å². The molecule has 0 aliphatic heterocycles. The quantitative estimate of drug-likeness (QED) is 0.687. The van der Waals surface area contributed by atoms with E-state index in [2.05, 4.69) is 26.3 Å². The molecule has 8 heteroatoms. The molecule has 0 amide bonds. The molecule has 0 fully saturated rings. The highest BCUT2D eigenvalue weighted by Gasteiger charge is 2.10. The lowest BCUT2D eigenvalue weighted by Crippen LogP contribution is -2.10. The standard InChI is InChI=1S/C19H18N6O2/c1-12-5-3-4-6-14(12)22-19-24-17(23-18(21)25-19)11-27-15-8-7-13(10-20)9-16(15)26-2/h3-9H,11H2,1-2H3,(H3,21,22,23,24,25). The second-order valence-corrected chi connectivity index (χ2v) is 5.64. The molecule has 136 valence electrons. The lowest BCUT2D eigenvalue weighted by atomic mass is 10.2. The van der Waals surface area contributed by atoms with Crippen molar-refractivity contribution in [2.75, 3.05) is 18.2 Å². The number of benzene rings is 2. The Morgan fingerprint density at radius 3 is 2.67 bits per heavy atom. The Bertz CT molecular complexity index is 1000. The van der Waals surface area contributed by atoms with E-state index >= 15 is 0 Å². The van der Waals surface area contributed by atoms with Crippen molar-refractivity contribution >= 4 is 17.6 Å². The summed E-state index contributed by atoms with van der Waals surface area (Å²) >= 11 is 0. The average Bonchev–Trinajstić information content (AvgIpc) is 2.67. The van der Waals surface area contributed by atoms with Crippen LogP contribution < -0.4 is 20.5 Å². The summed E-state index contributed by atoms with van der Waals surface area (Å²) < 4.78 is 11.0. The van der Waals surface area contributed by atoms with Crippen molar-refractivity contribution in [1.29, 1.82) is 5.26 Å². The second kappa shape index (κ2) is 8.01. The molecule has 0 spiro atoms. The number of anilines is 3. The van der Waals surface area contributed by atoms with E-state index < -0.39 is 0 Å². The number of nitriles is 1. The van der Waals surface area contributed by atoms with Gasteiger partial charge in [0, 0.05) is 11.8 Å². The van der Waals surface area contributed by atoms with E-state index in [1.807, 2.05) is 31.2 Å². The van der Waals surface area contributed by atoms with Gasteiger partial charge in [-0.1, -0.05) is 18.2 Å². The van der Waals surface area contributed by atoms with Gasteiger partial charge in [0.1, 0.15) is 6.61 Å². The first-order chi connectivity index (χ1) is 13.1. The van der Waals surface area contributed by atoms with Gasteiger partial charge in [-0.05, 0) is 30.7 Å². The van der Waals surface area contributed by atoms with Crippen molar-refractivity contribution in [3.63, 3.8) is 0 Å². The molecule has 0 saturated carbocycles. The Labute approximate surface area is 156 Å². The molecule has 0 unspecified atom stereocenters. The maximum Gasteiger partial charge on any atom is 0.232 e. The third kappa shape index (κ3) is 4.41. The molecule has 3 rings (SSSR count).